The van der Waals surface area contributed by atoms with Gasteiger partial charge in [0.25, 0.3) is 0 Å². The van der Waals surface area contributed by atoms with Crippen LogP contribution in [0.2, 0.25) is 0 Å². The van der Waals surface area contributed by atoms with Crippen LogP contribution in [0.25, 0.3) is 0 Å². The molecule has 0 bridgehead atoms. The molecule has 0 aromatic carbocycles. The van der Waals surface area contributed by atoms with E-state index in [0.29, 0.717) is 12.5 Å². The molecule has 0 aromatic heterocycles. The zero-order valence-corrected chi connectivity index (χ0v) is 9.61. The van der Waals surface area contributed by atoms with Gasteiger partial charge >= 0.3 is 0 Å². The predicted octanol–water partition coefficient (Wildman–Crippen LogP) is 0.452. The van der Waals surface area contributed by atoms with Crippen LogP contribution in [0.4, 0.5) is 0 Å². The molecule has 4 nitrogen and oxygen atoms in total. The lowest BCUT2D eigenvalue weighted by Gasteiger charge is -2.38. The maximum absolute atomic E-state index is 9.03. The van der Waals surface area contributed by atoms with Gasteiger partial charge < -0.3 is 19.5 Å². The Bertz CT molecular complexity index is 224. The smallest absolute Gasteiger partial charge is 0.170 e. The van der Waals surface area contributed by atoms with E-state index in [9.17, 15) is 0 Å². The van der Waals surface area contributed by atoms with Gasteiger partial charge in [-0.15, -0.1) is 0 Å². The van der Waals surface area contributed by atoms with Crippen molar-refractivity contribution in [1.29, 1.82) is 0 Å². The predicted molar refractivity (Wildman–Crippen MR) is 56.5 cm³/mol. The number of likely N-dealkylation sites (tertiary alicyclic amines) is 1. The first-order chi connectivity index (χ1) is 7.14. The first-order valence-corrected chi connectivity index (χ1v) is 5.75. The third kappa shape index (κ3) is 2.33. The molecule has 2 rings (SSSR count). The lowest BCUT2D eigenvalue weighted by molar-refractivity contribution is -0.202. The molecule has 3 atom stereocenters. The van der Waals surface area contributed by atoms with Crippen molar-refractivity contribution >= 4 is 0 Å². The van der Waals surface area contributed by atoms with Crippen molar-refractivity contribution in [2.45, 2.75) is 31.7 Å². The summed E-state index contributed by atoms with van der Waals surface area (Å²) in [4.78, 5) is 2.32. The lowest BCUT2D eigenvalue weighted by Crippen LogP contribution is -2.46. The Kier molecular flexibility index (Phi) is 3.30. The molecule has 2 fully saturated rings. The summed E-state index contributed by atoms with van der Waals surface area (Å²) in [6.07, 6.45) is 2.22. The van der Waals surface area contributed by atoms with E-state index in [1.165, 1.54) is 6.42 Å². The Labute approximate surface area is 91.2 Å². The molecule has 0 amide bonds. The molecule has 2 saturated heterocycles. The number of aliphatic hydroxyl groups is 1. The molecule has 1 N–H and O–H groups in total. The van der Waals surface area contributed by atoms with Gasteiger partial charge in [-0.3, -0.25) is 0 Å². The van der Waals surface area contributed by atoms with E-state index < -0.39 is 5.79 Å². The van der Waals surface area contributed by atoms with Crippen LogP contribution in [0.3, 0.4) is 0 Å². The van der Waals surface area contributed by atoms with Crippen LogP contribution in [0.15, 0.2) is 0 Å². The van der Waals surface area contributed by atoms with Gasteiger partial charge in [0.15, 0.2) is 5.79 Å². The number of hydrogen-bond donors (Lipinski definition) is 1. The highest BCUT2D eigenvalue weighted by Gasteiger charge is 2.44. The monoisotopic (exact) mass is 215 g/mol. The summed E-state index contributed by atoms with van der Waals surface area (Å²) in [5.41, 5.74) is 0. The largest absolute Gasteiger partial charge is 0.394 e. The average Bonchev–Trinajstić information content (AvgIpc) is 2.62. The number of aliphatic hydroxyl groups excluding tert-OH is 1. The van der Waals surface area contributed by atoms with Gasteiger partial charge in [-0.05, 0) is 33.4 Å². The Morgan fingerprint density at radius 1 is 1.53 bits per heavy atom. The Hall–Kier alpha value is -0.160. The number of ether oxygens (including phenoxy) is 2. The minimum absolute atomic E-state index is 0.0537. The highest BCUT2D eigenvalue weighted by molar-refractivity contribution is 4.86. The molecule has 0 saturated carbocycles. The van der Waals surface area contributed by atoms with Crippen molar-refractivity contribution in [3.63, 3.8) is 0 Å². The van der Waals surface area contributed by atoms with E-state index in [4.69, 9.17) is 14.6 Å². The Balaban J connectivity index is 1.96. The maximum Gasteiger partial charge on any atom is 0.170 e. The fourth-order valence-electron chi connectivity index (χ4n) is 2.56. The number of nitrogens with zero attached hydrogens (tertiary/aromatic N) is 1. The molecule has 0 radical (unpaired) electrons. The molecule has 2 aliphatic rings. The van der Waals surface area contributed by atoms with Crippen LogP contribution < -0.4 is 0 Å². The van der Waals surface area contributed by atoms with Crippen LogP contribution >= 0.6 is 0 Å². The lowest BCUT2D eigenvalue weighted by atomic mass is 9.91. The third-order valence-electron chi connectivity index (χ3n) is 3.53. The second kappa shape index (κ2) is 4.37. The summed E-state index contributed by atoms with van der Waals surface area (Å²) < 4.78 is 11.5. The minimum atomic E-state index is -0.484. The average molecular weight is 215 g/mol. The van der Waals surface area contributed by atoms with Gasteiger partial charge in [-0.25, -0.2) is 0 Å². The summed E-state index contributed by atoms with van der Waals surface area (Å²) in [7, 11) is 2.13. The maximum atomic E-state index is 9.03. The van der Waals surface area contributed by atoms with E-state index in [-0.39, 0.29) is 12.7 Å². The molecule has 0 spiro atoms. The first-order valence-electron chi connectivity index (χ1n) is 5.75. The van der Waals surface area contributed by atoms with E-state index in [2.05, 4.69) is 11.9 Å². The summed E-state index contributed by atoms with van der Waals surface area (Å²) in [5, 5.41) is 9.03. The van der Waals surface area contributed by atoms with E-state index in [1.807, 2.05) is 6.92 Å². The molecule has 3 unspecified atom stereocenters. The van der Waals surface area contributed by atoms with Crippen molar-refractivity contribution in [2.24, 2.45) is 5.92 Å². The fraction of sp³-hybridized carbons (Fsp3) is 1.00. The Morgan fingerprint density at radius 3 is 2.93 bits per heavy atom. The quantitative estimate of drug-likeness (QED) is 0.726. The van der Waals surface area contributed by atoms with Crippen LogP contribution in [0, 0.1) is 5.92 Å². The van der Waals surface area contributed by atoms with Crippen LogP contribution in [-0.4, -0.2) is 55.2 Å². The summed E-state index contributed by atoms with van der Waals surface area (Å²) in [6, 6.07) is 0. The summed E-state index contributed by atoms with van der Waals surface area (Å²) in [5.74, 6) is -0.0602. The third-order valence-corrected chi connectivity index (χ3v) is 3.53. The minimum Gasteiger partial charge on any atom is -0.394 e. The summed E-state index contributed by atoms with van der Waals surface area (Å²) >= 11 is 0. The second-order valence-corrected chi connectivity index (χ2v) is 4.85. The molecular formula is C11H21NO3. The van der Waals surface area contributed by atoms with Crippen LogP contribution in [0.1, 0.15) is 19.8 Å². The molecule has 2 aliphatic heterocycles. The van der Waals surface area contributed by atoms with E-state index >= 15 is 0 Å². The highest BCUT2D eigenvalue weighted by atomic mass is 16.7. The normalized spacial score (nSPS) is 43.4. The number of piperidine rings is 1. The molecule has 0 aliphatic carbocycles. The highest BCUT2D eigenvalue weighted by Crippen LogP contribution is 2.35. The van der Waals surface area contributed by atoms with Gasteiger partial charge in [0.2, 0.25) is 0 Å². The molecule has 88 valence electrons. The molecule has 2 heterocycles. The zero-order chi connectivity index (χ0) is 10.9. The number of hydrogen-bond acceptors (Lipinski definition) is 4. The van der Waals surface area contributed by atoms with Crippen molar-refractivity contribution in [3.8, 4) is 0 Å². The van der Waals surface area contributed by atoms with Gasteiger partial charge in [-0.1, -0.05) is 0 Å². The molecule has 15 heavy (non-hydrogen) atoms. The van der Waals surface area contributed by atoms with Crippen LogP contribution in [-0.2, 0) is 9.47 Å². The first kappa shape index (κ1) is 11.3. The van der Waals surface area contributed by atoms with Crippen molar-refractivity contribution in [1.82, 2.24) is 4.90 Å². The zero-order valence-electron chi connectivity index (χ0n) is 9.61. The number of rotatable bonds is 2. The van der Waals surface area contributed by atoms with Gasteiger partial charge in [0, 0.05) is 12.5 Å². The Morgan fingerprint density at radius 2 is 2.33 bits per heavy atom. The van der Waals surface area contributed by atoms with Crippen molar-refractivity contribution < 1.29 is 14.6 Å². The SMILES string of the molecule is CN1CCCC(C2(C)OCC(CO)O2)C1. The van der Waals surface area contributed by atoms with Crippen molar-refractivity contribution in [2.75, 3.05) is 33.4 Å². The van der Waals surface area contributed by atoms with Gasteiger partial charge in [0.1, 0.15) is 6.10 Å². The summed E-state index contributed by atoms with van der Waals surface area (Å²) in [6.45, 7) is 4.77. The van der Waals surface area contributed by atoms with E-state index in [0.717, 1.165) is 19.5 Å². The molecule has 4 heteroatoms. The second-order valence-electron chi connectivity index (χ2n) is 4.85. The van der Waals surface area contributed by atoms with Crippen molar-refractivity contribution in [3.05, 3.63) is 0 Å². The van der Waals surface area contributed by atoms with E-state index in [1.54, 1.807) is 0 Å². The van der Waals surface area contributed by atoms with Gasteiger partial charge in [0.05, 0.1) is 13.2 Å². The fourth-order valence-corrected chi connectivity index (χ4v) is 2.56. The molecule has 0 aromatic rings. The standard InChI is InChI=1S/C11H21NO3/c1-11(14-8-10(7-13)15-11)9-4-3-5-12(2)6-9/h9-10,13H,3-8H2,1-2H3. The van der Waals surface area contributed by atoms with Gasteiger partial charge in [-0.2, -0.15) is 0 Å². The van der Waals surface area contributed by atoms with Crippen LogP contribution in [0.5, 0.6) is 0 Å². The molecular weight excluding hydrogens is 194 g/mol. The topological polar surface area (TPSA) is 41.9 Å².